The first-order valence-corrected chi connectivity index (χ1v) is 30.2. The quantitative estimate of drug-likeness (QED) is 0.0872. The van der Waals surface area contributed by atoms with Crippen LogP contribution < -0.4 is 0 Å². The Kier molecular flexibility index (Phi) is 7.84. The molecular weight excluding hydrogens is 897 g/mol. The number of esters is 4. The van der Waals surface area contributed by atoms with E-state index in [4.69, 9.17) is 18.9 Å². The van der Waals surface area contributed by atoms with Gasteiger partial charge >= 0.3 is 23.9 Å². The highest BCUT2D eigenvalue weighted by atomic mass is 16.6. The van der Waals surface area contributed by atoms with Crippen molar-refractivity contribution in [2.75, 3.05) is 0 Å². The van der Waals surface area contributed by atoms with Crippen LogP contribution in [-0.2, 0) is 38.1 Å². The van der Waals surface area contributed by atoms with Crippen LogP contribution >= 0.6 is 0 Å². The second kappa shape index (κ2) is 12.7. The van der Waals surface area contributed by atoms with E-state index in [1.807, 2.05) is 41.5 Å². The lowest BCUT2D eigenvalue weighted by Gasteiger charge is -2.94. The summed E-state index contributed by atoms with van der Waals surface area (Å²) in [7, 11) is 0. The van der Waals surface area contributed by atoms with Gasteiger partial charge in [-0.15, -0.1) is 0 Å². The minimum absolute atomic E-state index is 0.0149. The normalized spacial score (nSPS) is 57.7. The van der Waals surface area contributed by atoms with Gasteiger partial charge in [0.05, 0.1) is 0 Å². The lowest BCUT2D eigenvalue weighted by molar-refractivity contribution is -0.472. The summed E-state index contributed by atoms with van der Waals surface area (Å²) in [6.45, 7) is 22.1. The van der Waals surface area contributed by atoms with E-state index in [0.717, 1.165) is 121 Å². The van der Waals surface area contributed by atoms with Gasteiger partial charge in [0.25, 0.3) is 0 Å². The molecule has 0 aliphatic heterocycles. The average Bonchev–Trinajstić information content (AvgIpc) is 3.24. The van der Waals surface area contributed by atoms with Gasteiger partial charge in [0, 0.05) is 24.0 Å². The zero-order valence-electron chi connectivity index (χ0n) is 44.8. The summed E-state index contributed by atoms with van der Waals surface area (Å²) in [6.07, 6.45) is 21.1. The first-order chi connectivity index (χ1) is 34.0. The van der Waals surface area contributed by atoms with Crippen molar-refractivity contribution in [3.8, 4) is 0 Å². The number of hydrogen-bond donors (Lipinski definition) is 0. The lowest BCUT2D eigenvalue weighted by atomic mass is 9.10. The maximum absolute atomic E-state index is 16.6. The predicted octanol–water partition coefficient (Wildman–Crippen LogP) is 12.0. The van der Waals surface area contributed by atoms with Crippen LogP contribution in [0.4, 0.5) is 0 Å². The molecule has 0 radical (unpaired) electrons. The largest absolute Gasteiger partial charge is 0.461 e. The second-order valence-electron chi connectivity index (χ2n) is 33.1. The average molecular weight is 981 g/mol. The molecule has 0 saturated heterocycles. The van der Waals surface area contributed by atoms with Gasteiger partial charge in [0.15, 0.2) is 5.41 Å². The fourth-order valence-corrected chi connectivity index (χ4v) is 30.7. The minimum Gasteiger partial charge on any atom is -0.461 e. The summed E-state index contributed by atoms with van der Waals surface area (Å²) in [4.78, 5) is 61.5. The van der Waals surface area contributed by atoms with Gasteiger partial charge in [-0.05, 0) is 290 Å². The number of hydrogen-bond acceptors (Lipinski definition) is 8. The molecule has 16 atom stereocenters. The Morgan fingerprint density at radius 2 is 0.861 bits per heavy atom. The smallest absolute Gasteiger partial charge is 0.333 e. The van der Waals surface area contributed by atoms with E-state index in [2.05, 4.69) is 20.1 Å². The molecule has 0 aromatic carbocycles. The second-order valence-corrected chi connectivity index (χ2v) is 33.1. The summed E-state index contributed by atoms with van der Waals surface area (Å²) < 4.78 is 26.8. The van der Waals surface area contributed by atoms with Gasteiger partial charge in [-0.2, -0.15) is 0 Å². The van der Waals surface area contributed by atoms with E-state index in [1.165, 1.54) is 83.5 Å². The first-order valence-electron chi connectivity index (χ1n) is 30.2. The molecule has 6 spiro atoms. The summed E-state index contributed by atoms with van der Waals surface area (Å²) >= 11 is 0. The Balaban J connectivity index is 0.773. The molecule has 24 aliphatic carbocycles. The Labute approximate surface area is 428 Å². The molecule has 24 saturated carbocycles. The molecule has 0 heterocycles. The zero-order valence-corrected chi connectivity index (χ0v) is 44.8. The topological polar surface area (TPSA) is 105 Å². The van der Waals surface area contributed by atoms with Crippen molar-refractivity contribution in [1.29, 1.82) is 0 Å². The van der Waals surface area contributed by atoms with Gasteiger partial charge in [-0.3, -0.25) is 9.59 Å². The lowest BCUT2D eigenvalue weighted by Crippen LogP contribution is -2.90. The van der Waals surface area contributed by atoms with E-state index >= 15 is 9.59 Å². The molecule has 0 aromatic rings. The Bertz CT molecular complexity index is 2490. The first kappa shape index (κ1) is 44.5. The molecule has 24 bridgehead atoms. The molecule has 24 rings (SSSR count). The van der Waals surface area contributed by atoms with E-state index < -0.39 is 46.1 Å². The SMILES string of the molecule is C=C(CC(CC(=C)C(=O)OC(C)(C)C)(C(=O)OC1CC23CC4CC5C6C7CC8CC6(C4)C2C(C8)(C1)C7C(CC)C53)C(=O)OC12CC3C4C5CC6CC78CC9CC(C57)C3C(C9)(C1)C8C4(C6)C2)C(=O)OC(C)(C)C. The standard InChI is InChI=1S/C64H84O8/c1-10-37-43-38-11-32-17-58-18-33-12-39(45(38)58)44(37)61(22-33)26-36(25-60(43,21-32)51(58)61)69-53(67)62(15-30(2)49(65)70-55(4,5)6,16-31(3)50(66)71-56(7,8)9)54(68)72-57-27-42-47-40-13-34-19-59-20-35-14-41(46(40)59)48(42)64(24-35,29-57)52(59)63(47,23-34)28-57/h32-48,51-52H,2-3,10-29H2,1,4-9H3. The molecular formula is C64H84O8. The Hall–Kier alpha value is -2.64. The summed E-state index contributed by atoms with van der Waals surface area (Å²) in [5.41, 5.74) is -2.77. The molecule has 24 fully saturated rings. The van der Waals surface area contributed by atoms with Gasteiger partial charge in [-0.1, -0.05) is 26.5 Å². The highest BCUT2D eigenvalue weighted by Gasteiger charge is 2.93. The van der Waals surface area contributed by atoms with Gasteiger partial charge < -0.3 is 18.9 Å². The van der Waals surface area contributed by atoms with Crippen LogP contribution in [0.1, 0.15) is 177 Å². The summed E-state index contributed by atoms with van der Waals surface area (Å²) in [5.74, 6) is 11.2. The van der Waals surface area contributed by atoms with Crippen molar-refractivity contribution in [3.05, 3.63) is 24.3 Å². The van der Waals surface area contributed by atoms with E-state index in [9.17, 15) is 9.59 Å². The molecule has 0 amide bonds. The third kappa shape index (κ3) is 4.69. The molecule has 388 valence electrons. The van der Waals surface area contributed by atoms with E-state index in [-0.39, 0.29) is 51.8 Å². The van der Waals surface area contributed by atoms with Crippen LogP contribution in [0.15, 0.2) is 24.3 Å². The van der Waals surface area contributed by atoms with Crippen molar-refractivity contribution in [2.45, 2.75) is 200 Å². The highest BCUT2D eigenvalue weighted by molar-refractivity contribution is 6.04. The fraction of sp³-hybridized carbons (Fsp3) is 0.875. The van der Waals surface area contributed by atoms with Crippen molar-refractivity contribution in [1.82, 2.24) is 0 Å². The molecule has 16 unspecified atom stereocenters. The van der Waals surface area contributed by atoms with Crippen LogP contribution in [0, 0.1) is 144 Å². The fourth-order valence-electron chi connectivity index (χ4n) is 30.7. The molecule has 8 heteroatoms. The van der Waals surface area contributed by atoms with Crippen molar-refractivity contribution in [2.24, 2.45) is 144 Å². The third-order valence-corrected chi connectivity index (χ3v) is 28.1. The van der Waals surface area contributed by atoms with E-state index in [1.54, 1.807) is 0 Å². The highest BCUT2D eigenvalue weighted by Crippen LogP contribution is 2.97. The monoisotopic (exact) mass is 981 g/mol. The van der Waals surface area contributed by atoms with Crippen LogP contribution in [0.5, 0.6) is 0 Å². The van der Waals surface area contributed by atoms with Crippen LogP contribution in [0.2, 0.25) is 0 Å². The number of carbonyl (C=O) groups is 4. The van der Waals surface area contributed by atoms with Crippen molar-refractivity contribution >= 4 is 23.9 Å². The van der Waals surface area contributed by atoms with E-state index in [0.29, 0.717) is 28.6 Å². The molecule has 72 heavy (non-hydrogen) atoms. The molecule has 0 N–H and O–H groups in total. The maximum Gasteiger partial charge on any atom is 0.333 e. The Morgan fingerprint density at radius 3 is 1.28 bits per heavy atom. The maximum atomic E-state index is 16.6. The zero-order chi connectivity index (χ0) is 49.4. The number of rotatable bonds is 11. The number of carbonyl (C=O) groups excluding carboxylic acids is 4. The van der Waals surface area contributed by atoms with Crippen molar-refractivity contribution in [3.63, 3.8) is 0 Å². The van der Waals surface area contributed by atoms with Gasteiger partial charge in [-0.25, -0.2) is 9.59 Å². The molecule has 24 aliphatic rings. The van der Waals surface area contributed by atoms with Gasteiger partial charge in [0.1, 0.15) is 22.9 Å². The number of ether oxygens (including phenoxy) is 4. The Morgan fingerprint density at radius 1 is 0.486 bits per heavy atom. The molecule has 8 nitrogen and oxygen atoms in total. The van der Waals surface area contributed by atoms with Crippen LogP contribution in [0.25, 0.3) is 0 Å². The minimum atomic E-state index is -2.09. The van der Waals surface area contributed by atoms with Crippen molar-refractivity contribution < 1.29 is 38.1 Å². The predicted molar refractivity (Wildman–Crippen MR) is 267 cm³/mol. The third-order valence-electron chi connectivity index (χ3n) is 28.1. The summed E-state index contributed by atoms with van der Waals surface area (Å²) in [6, 6.07) is 0. The molecule has 0 aromatic heterocycles. The van der Waals surface area contributed by atoms with Crippen LogP contribution in [0.3, 0.4) is 0 Å². The van der Waals surface area contributed by atoms with Gasteiger partial charge in [0.2, 0.25) is 0 Å². The van der Waals surface area contributed by atoms with Crippen LogP contribution in [-0.4, -0.2) is 46.8 Å². The summed E-state index contributed by atoms with van der Waals surface area (Å²) in [5, 5.41) is 0.